The molecule has 2 fully saturated rings. The van der Waals surface area contributed by atoms with Crippen LogP contribution in [-0.2, 0) is 4.79 Å². The minimum atomic E-state index is -0.150. The molecule has 1 saturated heterocycles. The molecule has 8 heteroatoms. The lowest BCUT2D eigenvalue weighted by molar-refractivity contribution is -0.117. The van der Waals surface area contributed by atoms with Crippen LogP contribution in [0.25, 0.3) is 0 Å². The van der Waals surface area contributed by atoms with Gasteiger partial charge in [-0.25, -0.2) is 0 Å². The highest BCUT2D eigenvalue weighted by atomic mass is 32.1. The summed E-state index contributed by atoms with van der Waals surface area (Å²) < 4.78 is 5.14. The van der Waals surface area contributed by atoms with Crippen molar-refractivity contribution in [2.75, 3.05) is 31.5 Å². The Labute approximate surface area is 154 Å². The van der Waals surface area contributed by atoms with E-state index in [9.17, 15) is 14.4 Å². The number of carbonyl (C=O) groups excluding carboxylic acids is 3. The number of anilines is 1. The van der Waals surface area contributed by atoms with Crippen LogP contribution in [0.1, 0.15) is 33.1 Å². The highest BCUT2D eigenvalue weighted by Crippen LogP contribution is 2.32. The maximum absolute atomic E-state index is 12.7. The quantitative estimate of drug-likeness (QED) is 0.891. The zero-order chi connectivity index (χ0) is 18.1. The Kier molecular flexibility index (Phi) is 4.50. The lowest BCUT2D eigenvalue weighted by Gasteiger charge is -2.34. The third kappa shape index (κ3) is 3.50. The van der Waals surface area contributed by atoms with E-state index in [0.29, 0.717) is 41.8 Å². The van der Waals surface area contributed by atoms with Crippen molar-refractivity contribution in [1.29, 1.82) is 0 Å². The van der Waals surface area contributed by atoms with Crippen LogP contribution in [0, 0.1) is 5.92 Å². The Balaban J connectivity index is 1.32. The molecule has 7 nitrogen and oxygen atoms in total. The predicted octanol–water partition coefficient (Wildman–Crippen LogP) is 2.29. The van der Waals surface area contributed by atoms with Crippen LogP contribution in [0.3, 0.4) is 0 Å². The van der Waals surface area contributed by atoms with Crippen molar-refractivity contribution in [2.45, 2.75) is 12.8 Å². The van der Waals surface area contributed by atoms with E-state index in [2.05, 4.69) is 5.32 Å². The standard InChI is InChI=1S/C18H19N3O4S/c22-16(12-3-4-12)19-15-6-5-14(26-15)18(24)21-9-7-20(8-10-21)17(23)13-2-1-11-25-13/h1-2,5-6,11-12H,3-4,7-10H2,(H,19,22). The van der Waals surface area contributed by atoms with E-state index in [0.717, 1.165) is 12.8 Å². The van der Waals surface area contributed by atoms with Gasteiger partial charge in [0.2, 0.25) is 5.91 Å². The fourth-order valence-corrected chi connectivity index (χ4v) is 3.79. The van der Waals surface area contributed by atoms with Crippen molar-refractivity contribution < 1.29 is 18.8 Å². The van der Waals surface area contributed by atoms with E-state index in [1.165, 1.54) is 17.6 Å². The number of nitrogens with one attached hydrogen (secondary N) is 1. The van der Waals surface area contributed by atoms with Gasteiger partial charge in [0.1, 0.15) is 0 Å². The summed E-state index contributed by atoms with van der Waals surface area (Å²) in [5, 5.41) is 3.57. The van der Waals surface area contributed by atoms with Crippen LogP contribution in [-0.4, -0.2) is 53.7 Å². The van der Waals surface area contributed by atoms with E-state index in [-0.39, 0.29) is 23.6 Å². The van der Waals surface area contributed by atoms with E-state index < -0.39 is 0 Å². The summed E-state index contributed by atoms with van der Waals surface area (Å²) in [6.45, 7) is 1.91. The molecule has 0 radical (unpaired) electrons. The molecule has 0 atom stereocenters. The fourth-order valence-electron chi connectivity index (χ4n) is 2.91. The Morgan fingerprint density at radius 2 is 1.69 bits per heavy atom. The minimum absolute atomic E-state index is 0.0379. The second-order valence-corrected chi connectivity index (χ2v) is 7.57. The van der Waals surface area contributed by atoms with Crippen LogP contribution >= 0.6 is 11.3 Å². The molecule has 2 aliphatic rings. The first-order valence-corrected chi connectivity index (χ1v) is 9.46. The number of hydrogen-bond donors (Lipinski definition) is 1. The van der Waals surface area contributed by atoms with Crippen molar-refractivity contribution in [2.24, 2.45) is 5.92 Å². The number of hydrogen-bond acceptors (Lipinski definition) is 5. The number of amides is 3. The molecule has 1 saturated carbocycles. The van der Waals surface area contributed by atoms with E-state index in [1.54, 1.807) is 34.1 Å². The van der Waals surface area contributed by atoms with Gasteiger partial charge in [0, 0.05) is 32.1 Å². The Bertz CT molecular complexity index is 817. The monoisotopic (exact) mass is 373 g/mol. The molecule has 1 aliphatic heterocycles. The average Bonchev–Trinajstić information content (AvgIpc) is 3.18. The van der Waals surface area contributed by atoms with Crippen LogP contribution < -0.4 is 5.32 Å². The van der Waals surface area contributed by atoms with Crippen molar-refractivity contribution in [3.63, 3.8) is 0 Å². The molecule has 3 heterocycles. The summed E-state index contributed by atoms with van der Waals surface area (Å²) in [6, 6.07) is 6.84. The molecular weight excluding hydrogens is 354 g/mol. The molecule has 0 spiro atoms. The third-order valence-corrected chi connectivity index (χ3v) is 5.59. The summed E-state index contributed by atoms with van der Waals surface area (Å²) in [7, 11) is 0. The van der Waals surface area contributed by atoms with Crippen LogP contribution in [0.4, 0.5) is 5.00 Å². The van der Waals surface area contributed by atoms with Gasteiger partial charge in [-0.3, -0.25) is 14.4 Å². The zero-order valence-electron chi connectivity index (χ0n) is 14.1. The second-order valence-electron chi connectivity index (χ2n) is 6.49. The molecule has 4 rings (SSSR count). The van der Waals surface area contributed by atoms with Gasteiger partial charge in [0.25, 0.3) is 11.8 Å². The fraction of sp³-hybridized carbons (Fsp3) is 0.389. The summed E-state index contributed by atoms with van der Waals surface area (Å²) in [6.07, 6.45) is 3.37. The molecule has 0 bridgehead atoms. The summed E-state index contributed by atoms with van der Waals surface area (Å²) in [5.41, 5.74) is 0. The van der Waals surface area contributed by atoms with Gasteiger partial charge in [-0.15, -0.1) is 11.3 Å². The molecule has 1 N–H and O–H groups in total. The second kappa shape index (κ2) is 6.95. The normalized spacial score (nSPS) is 17.2. The molecule has 0 aromatic carbocycles. The molecule has 2 aromatic heterocycles. The Morgan fingerprint density at radius 1 is 1.00 bits per heavy atom. The first-order chi connectivity index (χ1) is 12.6. The largest absolute Gasteiger partial charge is 0.459 e. The molecule has 26 heavy (non-hydrogen) atoms. The summed E-state index contributed by atoms with van der Waals surface area (Å²) in [4.78, 5) is 40.8. The van der Waals surface area contributed by atoms with Crippen molar-refractivity contribution in [1.82, 2.24) is 9.80 Å². The number of carbonyl (C=O) groups is 3. The van der Waals surface area contributed by atoms with Gasteiger partial charge < -0.3 is 19.5 Å². The number of thiophene rings is 1. The van der Waals surface area contributed by atoms with Crippen molar-refractivity contribution in [3.05, 3.63) is 41.2 Å². The van der Waals surface area contributed by atoms with Crippen molar-refractivity contribution in [3.8, 4) is 0 Å². The topological polar surface area (TPSA) is 82.9 Å². The lowest BCUT2D eigenvalue weighted by atomic mass is 10.2. The summed E-state index contributed by atoms with van der Waals surface area (Å²) >= 11 is 1.29. The number of nitrogens with zero attached hydrogens (tertiary/aromatic N) is 2. The molecule has 2 aromatic rings. The zero-order valence-corrected chi connectivity index (χ0v) is 15.0. The highest BCUT2D eigenvalue weighted by Gasteiger charge is 2.30. The number of furan rings is 1. The Morgan fingerprint density at radius 3 is 2.31 bits per heavy atom. The van der Waals surface area contributed by atoms with Crippen LogP contribution in [0.15, 0.2) is 34.9 Å². The van der Waals surface area contributed by atoms with Gasteiger partial charge in [-0.1, -0.05) is 0 Å². The molecule has 1 aliphatic carbocycles. The Hall–Kier alpha value is -2.61. The van der Waals surface area contributed by atoms with Gasteiger partial charge in [-0.2, -0.15) is 0 Å². The van der Waals surface area contributed by atoms with Crippen LogP contribution in [0.2, 0.25) is 0 Å². The lowest BCUT2D eigenvalue weighted by Crippen LogP contribution is -2.50. The first kappa shape index (κ1) is 16.8. The van der Waals surface area contributed by atoms with Crippen molar-refractivity contribution >= 4 is 34.1 Å². The highest BCUT2D eigenvalue weighted by molar-refractivity contribution is 7.18. The third-order valence-electron chi connectivity index (χ3n) is 4.60. The van der Waals surface area contributed by atoms with Gasteiger partial charge in [0.15, 0.2) is 5.76 Å². The maximum atomic E-state index is 12.7. The maximum Gasteiger partial charge on any atom is 0.289 e. The molecule has 0 unspecified atom stereocenters. The van der Waals surface area contributed by atoms with E-state index in [1.807, 2.05) is 0 Å². The summed E-state index contributed by atoms with van der Waals surface area (Å²) in [5.74, 6) is 0.279. The minimum Gasteiger partial charge on any atom is -0.459 e. The molecular formula is C18H19N3O4S. The molecule has 136 valence electrons. The first-order valence-electron chi connectivity index (χ1n) is 8.64. The average molecular weight is 373 g/mol. The van der Waals surface area contributed by atoms with E-state index in [4.69, 9.17) is 4.42 Å². The smallest absolute Gasteiger partial charge is 0.289 e. The van der Waals surface area contributed by atoms with Gasteiger partial charge in [-0.05, 0) is 37.1 Å². The van der Waals surface area contributed by atoms with E-state index >= 15 is 0 Å². The number of rotatable bonds is 4. The SMILES string of the molecule is O=C(Nc1ccc(C(=O)N2CCN(C(=O)c3ccco3)CC2)s1)C1CC1. The van der Waals surface area contributed by atoms with Gasteiger partial charge in [0.05, 0.1) is 16.1 Å². The van der Waals surface area contributed by atoms with Gasteiger partial charge >= 0.3 is 0 Å². The molecule has 3 amide bonds. The predicted molar refractivity (Wildman–Crippen MR) is 96.2 cm³/mol. The number of piperazine rings is 1. The van der Waals surface area contributed by atoms with Crippen LogP contribution in [0.5, 0.6) is 0 Å².